The lowest BCUT2D eigenvalue weighted by atomic mass is 9.97. The number of piperidine rings is 2. The molecule has 3 aromatic carbocycles. The van der Waals surface area contributed by atoms with Gasteiger partial charge in [-0.15, -0.1) is 0 Å². The largest absolute Gasteiger partial charge is 0.493 e. The van der Waals surface area contributed by atoms with Crippen LogP contribution in [-0.2, 0) is 19.2 Å². The van der Waals surface area contributed by atoms with Crippen molar-refractivity contribution in [1.82, 2.24) is 25.4 Å². The maximum atomic E-state index is 13.3. The first-order valence-corrected chi connectivity index (χ1v) is 20.1. The van der Waals surface area contributed by atoms with E-state index in [2.05, 4.69) is 26.3 Å². The summed E-state index contributed by atoms with van der Waals surface area (Å²) in [6.07, 6.45) is 4.74. The van der Waals surface area contributed by atoms with E-state index in [1.54, 1.807) is 32.4 Å². The van der Waals surface area contributed by atoms with Gasteiger partial charge in [-0.1, -0.05) is 24.3 Å². The molecule has 1 atom stereocenters. The van der Waals surface area contributed by atoms with Gasteiger partial charge in [-0.05, 0) is 68.4 Å². The van der Waals surface area contributed by atoms with Gasteiger partial charge in [-0.2, -0.15) is 0 Å². The summed E-state index contributed by atoms with van der Waals surface area (Å²) >= 11 is 0. The Morgan fingerprint density at radius 3 is 2.40 bits per heavy atom. The molecule has 2 saturated heterocycles. The fourth-order valence-corrected chi connectivity index (χ4v) is 7.84. The highest BCUT2D eigenvalue weighted by molar-refractivity contribution is 6.25. The van der Waals surface area contributed by atoms with E-state index >= 15 is 0 Å². The molecule has 1 aromatic heterocycles. The molecular formula is C44H47N7O9. The average Bonchev–Trinajstić information content (AvgIpc) is 3.52. The molecule has 0 radical (unpaired) electrons. The zero-order valence-corrected chi connectivity index (χ0v) is 33.5. The number of hydrogen-bond acceptors (Lipinski definition) is 12. The van der Waals surface area contributed by atoms with Gasteiger partial charge in [0.25, 0.3) is 17.7 Å². The van der Waals surface area contributed by atoms with Crippen molar-refractivity contribution in [2.75, 3.05) is 51.0 Å². The lowest BCUT2D eigenvalue weighted by molar-refractivity contribution is -0.136. The van der Waals surface area contributed by atoms with Gasteiger partial charge in [0.1, 0.15) is 6.04 Å². The first-order chi connectivity index (χ1) is 29.1. The van der Waals surface area contributed by atoms with Crippen LogP contribution in [0.5, 0.6) is 11.5 Å². The monoisotopic (exact) mass is 817 g/mol. The van der Waals surface area contributed by atoms with Crippen LogP contribution in [0.25, 0.3) is 10.9 Å². The predicted octanol–water partition coefficient (Wildman–Crippen LogP) is 4.61. The third-order valence-corrected chi connectivity index (χ3v) is 11.2. The van der Waals surface area contributed by atoms with E-state index in [1.807, 2.05) is 41.3 Å². The van der Waals surface area contributed by atoms with Crippen molar-refractivity contribution < 1.29 is 43.0 Å². The van der Waals surface area contributed by atoms with Crippen LogP contribution in [0, 0.1) is 5.92 Å². The summed E-state index contributed by atoms with van der Waals surface area (Å²) in [6.45, 7) is 1.53. The van der Waals surface area contributed by atoms with Crippen molar-refractivity contribution in [3.8, 4) is 11.5 Å². The number of unbranched alkanes of at least 4 members (excludes halogenated alkanes) is 1. The van der Waals surface area contributed by atoms with Crippen LogP contribution < -0.4 is 30.7 Å². The number of likely N-dealkylation sites (tertiary alicyclic amines) is 1. The number of rotatable bonds is 16. The molecule has 4 aromatic rings. The number of amides is 6. The van der Waals surface area contributed by atoms with Gasteiger partial charge in [0, 0.05) is 68.4 Å². The molecule has 4 heterocycles. The standard InChI is InChI=1S/C44H47N7O9/c1-45-41(55)31-24-47-33-22-35(59-2)36(21-30(33)40(31)48-27-9-4-3-5-10-27)60-25-26-17-19-50(20-18-26)38(54)14-7-6-11-28(52)23-46-32-13-8-12-29-39(32)44(58)51(43(29)57)34-15-16-37(53)49-42(34)56/h3-5,8-10,12-13,21-22,24,26,34,46H,6-7,11,14-20,23,25H2,1-2H3,(H,45,55)(H,47,48)(H,49,53,56). The van der Waals surface area contributed by atoms with E-state index in [-0.39, 0.29) is 60.4 Å². The van der Waals surface area contributed by atoms with Crippen molar-refractivity contribution in [3.05, 3.63) is 83.6 Å². The summed E-state index contributed by atoms with van der Waals surface area (Å²) in [6, 6.07) is 16.8. The normalized spacial score (nSPS) is 16.7. The summed E-state index contributed by atoms with van der Waals surface area (Å²) in [5.74, 6) is -1.52. The fraction of sp³-hybridized carbons (Fsp3) is 0.364. The Labute approximate surface area is 346 Å². The number of carbonyl (C=O) groups excluding carboxylic acids is 7. The summed E-state index contributed by atoms with van der Waals surface area (Å²) in [5.41, 5.74) is 2.96. The van der Waals surface area contributed by atoms with Crippen LogP contribution in [0.3, 0.4) is 0 Å². The summed E-state index contributed by atoms with van der Waals surface area (Å²) in [5, 5.41) is 11.9. The molecule has 0 aliphatic carbocycles. The predicted molar refractivity (Wildman–Crippen MR) is 221 cm³/mol. The van der Waals surface area contributed by atoms with Gasteiger partial charge in [0.2, 0.25) is 17.7 Å². The number of anilines is 3. The maximum absolute atomic E-state index is 13.3. The Morgan fingerprint density at radius 1 is 0.900 bits per heavy atom. The van der Waals surface area contributed by atoms with Gasteiger partial charge in [0.15, 0.2) is 17.3 Å². The first kappa shape index (κ1) is 41.3. The Hall–Kier alpha value is -6.84. The van der Waals surface area contributed by atoms with Gasteiger partial charge in [-0.3, -0.25) is 48.8 Å². The molecule has 16 heteroatoms. The van der Waals surface area contributed by atoms with Gasteiger partial charge >= 0.3 is 0 Å². The molecule has 0 spiro atoms. The Kier molecular flexibility index (Phi) is 12.7. The molecule has 7 rings (SSSR count). The summed E-state index contributed by atoms with van der Waals surface area (Å²) in [7, 11) is 3.14. The SMILES string of the molecule is CNC(=O)c1cnc2cc(OC)c(OCC3CCN(C(=O)CCCCC(=O)CNc4cccc5c4C(=O)N(C4CCC(=O)NC4=O)C5=O)CC3)cc2c1Nc1ccccc1. The highest BCUT2D eigenvalue weighted by atomic mass is 16.5. The number of nitrogens with one attached hydrogen (secondary N) is 4. The topological polar surface area (TPSA) is 205 Å². The number of hydrogen-bond donors (Lipinski definition) is 4. The number of imide groups is 2. The number of carbonyl (C=O) groups is 7. The summed E-state index contributed by atoms with van der Waals surface area (Å²) < 4.78 is 12.0. The molecule has 3 aliphatic rings. The van der Waals surface area contributed by atoms with E-state index in [4.69, 9.17) is 9.47 Å². The number of aromatic nitrogens is 1. The van der Waals surface area contributed by atoms with Crippen LogP contribution >= 0.6 is 0 Å². The van der Waals surface area contributed by atoms with E-state index in [9.17, 15) is 33.6 Å². The van der Waals surface area contributed by atoms with Gasteiger partial charge in [-0.25, -0.2) is 0 Å². The second-order valence-corrected chi connectivity index (χ2v) is 15.0. The van der Waals surface area contributed by atoms with Crippen LogP contribution in [0.2, 0.25) is 0 Å². The third-order valence-electron chi connectivity index (χ3n) is 11.2. The zero-order valence-electron chi connectivity index (χ0n) is 33.5. The van der Waals surface area contributed by atoms with E-state index in [0.29, 0.717) is 78.3 Å². The smallest absolute Gasteiger partial charge is 0.264 e. The maximum Gasteiger partial charge on any atom is 0.264 e. The molecule has 2 fully saturated rings. The molecule has 4 N–H and O–H groups in total. The van der Waals surface area contributed by atoms with Crippen LogP contribution in [0.15, 0.2) is 66.9 Å². The fourth-order valence-electron chi connectivity index (χ4n) is 7.84. The average molecular weight is 818 g/mol. The molecule has 60 heavy (non-hydrogen) atoms. The quantitative estimate of drug-likeness (QED) is 0.0905. The molecule has 6 amide bonds. The molecular weight excluding hydrogens is 771 g/mol. The van der Waals surface area contributed by atoms with E-state index in [1.165, 1.54) is 12.3 Å². The van der Waals surface area contributed by atoms with Crippen LogP contribution in [-0.4, -0.2) is 102 Å². The minimum absolute atomic E-state index is 0.0200. The molecule has 312 valence electrons. The Balaban J connectivity index is 0.863. The minimum atomic E-state index is -1.08. The number of benzene rings is 3. The van der Waals surface area contributed by atoms with Crippen molar-refractivity contribution in [1.29, 1.82) is 0 Å². The molecule has 0 bridgehead atoms. The Morgan fingerprint density at radius 2 is 1.67 bits per heavy atom. The zero-order chi connectivity index (χ0) is 42.3. The number of Topliss-reactive ketones (excluding diaryl/α,β-unsaturated/α-hetero) is 1. The first-order valence-electron chi connectivity index (χ1n) is 20.1. The second-order valence-electron chi connectivity index (χ2n) is 15.0. The lowest BCUT2D eigenvalue weighted by Crippen LogP contribution is -2.54. The van der Waals surface area contributed by atoms with E-state index < -0.39 is 29.7 Å². The number of ether oxygens (including phenoxy) is 2. The minimum Gasteiger partial charge on any atom is -0.493 e. The number of nitrogens with zero attached hydrogens (tertiary/aromatic N) is 3. The lowest BCUT2D eigenvalue weighted by Gasteiger charge is -2.32. The van der Waals surface area contributed by atoms with Crippen LogP contribution in [0.1, 0.15) is 82.4 Å². The van der Waals surface area contributed by atoms with Gasteiger partial charge in [0.05, 0.1) is 48.2 Å². The van der Waals surface area contributed by atoms with Gasteiger partial charge < -0.3 is 30.3 Å². The third kappa shape index (κ3) is 8.92. The number of fused-ring (bicyclic) bond motifs is 2. The second kappa shape index (κ2) is 18.4. The Bertz CT molecular complexity index is 2340. The van der Waals surface area contributed by atoms with Crippen molar-refractivity contribution >= 4 is 69.2 Å². The van der Waals surface area contributed by atoms with Crippen molar-refractivity contribution in [3.63, 3.8) is 0 Å². The number of para-hydroxylation sites is 1. The van der Waals surface area contributed by atoms with Crippen molar-refractivity contribution in [2.24, 2.45) is 5.92 Å². The number of ketones is 1. The molecule has 16 nitrogen and oxygen atoms in total. The highest BCUT2D eigenvalue weighted by Crippen LogP contribution is 2.38. The van der Waals surface area contributed by atoms with E-state index in [0.717, 1.165) is 23.4 Å². The molecule has 0 saturated carbocycles. The van der Waals surface area contributed by atoms with Crippen molar-refractivity contribution in [2.45, 2.75) is 57.4 Å². The number of pyridine rings is 1. The highest BCUT2D eigenvalue weighted by Gasteiger charge is 2.45. The molecule has 3 aliphatic heterocycles. The number of methoxy groups -OCH3 is 1. The molecule has 1 unspecified atom stereocenters. The summed E-state index contributed by atoms with van der Waals surface area (Å²) in [4.78, 5) is 96.4. The van der Waals surface area contributed by atoms with Crippen LogP contribution in [0.4, 0.5) is 17.1 Å².